The predicted molar refractivity (Wildman–Crippen MR) is 231 cm³/mol. The van der Waals surface area contributed by atoms with Crippen molar-refractivity contribution in [1.29, 1.82) is 0 Å². The second-order valence-corrected chi connectivity index (χ2v) is 14.1. The molecule has 1 nitrogen and oxygen atoms in total. The van der Waals surface area contributed by atoms with Crippen molar-refractivity contribution < 1.29 is 0 Å². The molecule has 1 heteroatoms. The number of hydrogen-bond donors (Lipinski definition) is 0. The number of rotatable bonds is 7. The Morgan fingerprint density at radius 2 is 0.759 bits per heavy atom. The van der Waals surface area contributed by atoms with E-state index in [1.54, 1.807) is 0 Å². The summed E-state index contributed by atoms with van der Waals surface area (Å²) in [5.74, 6) is 0. The van der Waals surface area contributed by atoms with Crippen molar-refractivity contribution in [2.45, 2.75) is 6.42 Å². The van der Waals surface area contributed by atoms with Crippen LogP contribution in [0.1, 0.15) is 11.1 Å². The Hall–Kier alpha value is -6.96. The van der Waals surface area contributed by atoms with Gasteiger partial charge in [0.05, 0.1) is 5.69 Å². The number of hydrogen-bond acceptors (Lipinski definition) is 1. The van der Waals surface area contributed by atoms with Gasteiger partial charge in [-0.05, 0) is 114 Å². The van der Waals surface area contributed by atoms with Gasteiger partial charge in [-0.3, -0.25) is 0 Å². The van der Waals surface area contributed by atoms with Crippen LogP contribution in [0, 0.1) is 0 Å². The zero-order valence-electron chi connectivity index (χ0n) is 29.9. The normalized spacial score (nSPS) is 11.4. The van der Waals surface area contributed by atoms with Crippen LogP contribution in [-0.4, -0.2) is 0 Å². The fraction of sp³-hybridized carbons (Fsp3) is 0.0189. The van der Waals surface area contributed by atoms with Gasteiger partial charge in [0.25, 0.3) is 0 Å². The molecule has 0 amide bonds. The minimum atomic E-state index is 0.911. The van der Waals surface area contributed by atoms with Gasteiger partial charge in [-0.15, -0.1) is 0 Å². The summed E-state index contributed by atoms with van der Waals surface area (Å²) >= 11 is 0. The summed E-state index contributed by atoms with van der Waals surface area (Å²) in [6, 6.07) is 77.4. The molecule has 0 atom stereocenters. The molecule has 0 fully saturated rings. The number of para-hydroxylation sites is 1. The quantitative estimate of drug-likeness (QED) is 0.151. The third-order valence-corrected chi connectivity index (χ3v) is 10.9. The lowest BCUT2D eigenvalue weighted by molar-refractivity contribution is 1.19. The molecule has 0 saturated carbocycles. The summed E-state index contributed by atoms with van der Waals surface area (Å²) in [6.45, 7) is 0. The van der Waals surface area contributed by atoms with Crippen LogP contribution in [0.3, 0.4) is 0 Å². The fourth-order valence-corrected chi connectivity index (χ4v) is 8.17. The van der Waals surface area contributed by atoms with Crippen molar-refractivity contribution in [1.82, 2.24) is 0 Å². The molecule has 0 aliphatic rings. The van der Waals surface area contributed by atoms with E-state index in [0.717, 1.165) is 17.8 Å². The smallest absolute Gasteiger partial charge is 0.0540 e. The SMILES string of the molecule is c1ccc(-c2ccc(Cc3ccc(-c4ccc5c6ccc(N(c7ccccc7)c7cccc8ccccc78)cc6c6ccccc6c5c4)cc3)cc2)cc1. The van der Waals surface area contributed by atoms with Crippen LogP contribution >= 0.6 is 0 Å². The zero-order valence-corrected chi connectivity index (χ0v) is 29.9. The van der Waals surface area contributed by atoms with Crippen molar-refractivity contribution in [3.05, 3.63) is 223 Å². The minimum Gasteiger partial charge on any atom is -0.310 e. The minimum absolute atomic E-state index is 0.911. The molecule has 0 aliphatic heterocycles. The highest BCUT2D eigenvalue weighted by atomic mass is 15.1. The number of fused-ring (bicyclic) bond motifs is 7. The largest absolute Gasteiger partial charge is 0.310 e. The summed E-state index contributed by atoms with van der Waals surface area (Å²) in [6.07, 6.45) is 0.911. The van der Waals surface area contributed by atoms with Gasteiger partial charge in [0.2, 0.25) is 0 Å². The van der Waals surface area contributed by atoms with E-state index >= 15 is 0 Å². The second kappa shape index (κ2) is 13.5. The molecule has 254 valence electrons. The number of benzene rings is 10. The molecule has 0 unspecified atom stereocenters. The van der Waals surface area contributed by atoms with Crippen molar-refractivity contribution in [3.63, 3.8) is 0 Å². The summed E-state index contributed by atoms with van der Waals surface area (Å²) in [4.78, 5) is 2.40. The molecule has 0 saturated heterocycles. The monoisotopic (exact) mass is 687 g/mol. The Kier molecular flexibility index (Phi) is 7.96. The maximum Gasteiger partial charge on any atom is 0.0540 e. The average Bonchev–Trinajstić information content (AvgIpc) is 3.25. The Bertz CT molecular complexity index is 2900. The molecule has 10 aromatic rings. The molecular formula is C53H37N. The van der Waals surface area contributed by atoms with Crippen LogP contribution in [0.5, 0.6) is 0 Å². The maximum absolute atomic E-state index is 2.40. The van der Waals surface area contributed by atoms with Gasteiger partial charge >= 0.3 is 0 Å². The van der Waals surface area contributed by atoms with Crippen LogP contribution in [-0.2, 0) is 6.42 Å². The molecule has 0 aromatic heterocycles. The Balaban J connectivity index is 1.02. The summed E-state index contributed by atoms with van der Waals surface area (Å²) in [7, 11) is 0. The first kappa shape index (κ1) is 31.7. The molecule has 10 aromatic carbocycles. The van der Waals surface area contributed by atoms with Crippen LogP contribution < -0.4 is 4.90 Å². The average molecular weight is 688 g/mol. The van der Waals surface area contributed by atoms with E-state index in [9.17, 15) is 0 Å². The summed E-state index contributed by atoms with van der Waals surface area (Å²) < 4.78 is 0. The fourth-order valence-electron chi connectivity index (χ4n) is 8.17. The maximum atomic E-state index is 2.40. The highest BCUT2D eigenvalue weighted by Crippen LogP contribution is 2.43. The third-order valence-electron chi connectivity index (χ3n) is 10.9. The summed E-state index contributed by atoms with van der Waals surface area (Å²) in [5.41, 5.74) is 11.0. The lowest BCUT2D eigenvalue weighted by atomic mass is 9.91. The van der Waals surface area contributed by atoms with E-state index in [1.807, 2.05) is 0 Å². The first-order valence-electron chi connectivity index (χ1n) is 18.7. The van der Waals surface area contributed by atoms with E-state index < -0.39 is 0 Å². The van der Waals surface area contributed by atoms with Crippen LogP contribution in [0.4, 0.5) is 17.1 Å². The third kappa shape index (κ3) is 5.77. The first-order valence-corrected chi connectivity index (χ1v) is 18.7. The molecule has 0 heterocycles. The highest BCUT2D eigenvalue weighted by Gasteiger charge is 2.17. The number of nitrogens with zero attached hydrogens (tertiary/aromatic N) is 1. The Morgan fingerprint density at radius 1 is 0.278 bits per heavy atom. The van der Waals surface area contributed by atoms with Gasteiger partial charge in [-0.25, -0.2) is 0 Å². The zero-order chi connectivity index (χ0) is 35.8. The van der Waals surface area contributed by atoms with Gasteiger partial charge in [-0.1, -0.05) is 176 Å². The molecule has 10 rings (SSSR count). The first-order chi connectivity index (χ1) is 26.8. The van der Waals surface area contributed by atoms with Crippen molar-refractivity contribution in [3.8, 4) is 22.3 Å². The lowest BCUT2D eigenvalue weighted by Crippen LogP contribution is -2.10. The van der Waals surface area contributed by atoms with E-state index in [4.69, 9.17) is 0 Å². The molecule has 0 spiro atoms. The summed E-state index contributed by atoms with van der Waals surface area (Å²) in [5, 5.41) is 10.1. The van der Waals surface area contributed by atoms with Gasteiger partial charge in [0, 0.05) is 16.8 Å². The van der Waals surface area contributed by atoms with E-state index in [0.29, 0.717) is 0 Å². The Morgan fingerprint density at radius 3 is 1.44 bits per heavy atom. The van der Waals surface area contributed by atoms with E-state index in [2.05, 4.69) is 217 Å². The van der Waals surface area contributed by atoms with Gasteiger partial charge in [0.1, 0.15) is 0 Å². The van der Waals surface area contributed by atoms with E-state index in [1.165, 1.54) is 82.2 Å². The van der Waals surface area contributed by atoms with Crippen LogP contribution in [0.2, 0.25) is 0 Å². The van der Waals surface area contributed by atoms with Crippen molar-refractivity contribution >= 4 is 60.2 Å². The lowest BCUT2D eigenvalue weighted by Gasteiger charge is -2.27. The second-order valence-electron chi connectivity index (χ2n) is 14.1. The van der Waals surface area contributed by atoms with Gasteiger partial charge in [0.15, 0.2) is 0 Å². The van der Waals surface area contributed by atoms with E-state index in [-0.39, 0.29) is 0 Å². The number of anilines is 3. The highest BCUT2D eigenvalue weighted by molar-refractivity contribution is 6.26. The molecular weight excluding hydrogens is 651 g/mol. The molecule has 0 N–H and O–H groups in total. The van der Waals surface area contributed by atoms with Crippen molar-refractivity contribution in [2.24, 2.45) is 0 Å². The van der Waals surface area contributed by atoms with Gasteiger partial charge in [-0.2, -0.15) is 0 Å². The molecule has 54 heavy (non-hydrogen) atoms. The van der Waals surface area contributed by atoms with Crippen LogP contribution in [0.15, 0.2) is 212 Å². The van der Waals surface area contributed by atoms with Crippen LogP contribution in [0.25, 0.3) is 65.3 Å². The standard InChI is InChI=1S/C53H37N/c1-3-12-39(13-4-1)40-26-22-37(23-27-40)34-38-24-28-41(29-25-38)43-30-32-49-50-33-31-45(36-52(50)48-20-10-9-19-47(48)51(49)35-43)54(44-16-5-2-6-17-44)53-21-11-15-42-14-7-8-18-46(42)53/h1-33,35-36H,34H2. The molecule has 0 radical (unpaired) electrons. The van der Waals surface area contributed by atoms with Crippen molar-refractivity contribution in [2.75, 3.05) is 4.90 Å². The topological polar surface area (TPSA) is 3.24 Å². The molecule has 0 aliphatic carbocycles. The Labute approximate surface area is 316 Å². The molecule has 0 bridgehead atoms. The predicted octanol–water partition coefficient (Wildman–Crippen LogP) is 14.7. The van der Waals surface area contributed by atoms with Gasteiger partial charge < -0.3 is 4.90 Å².